The zero-order valence-electron chi connectivity index (χ0n) is 32.0. The monoisotopic (exact) mass is 765 g/mol. The fourth-order valence-corrected chi connectivity index (χ4v) is 8.53. The molecular formula is C53H31N7. The van der Waals surface area contributed by atoms with Crippen molar-refractivity contribution in [3.8, 4) is 68.8 Å². The van der Waals surface area contributed by atoms with Crippen LogP contribution in [0, 0.1) is 22.7 Å². The van der Waals surface area contributed by atoms with Gasteiger partial charge in [-0.05, 0) is 71.8 Å². The van der Waals surface area contributed by atoms with E-state index in [4.69, 9.17) is 15.0 Å². The molecule has 0 aliphatic carbocycles. The Morgan fingerprint density at radius 1 is 0.333 bits per heavy atom. The fourth-order valence-electron chi connectivity index (χ4n) is 8.53. The summed E-state index contributed by atoms with van der Waals surface area (Å²) < 4.78 is 4.46. The quantitative estimate of drug-likeness (QED) is 0.168. The minimum absolute atomic E-state index is 0.262. The van der Waals surface area contributed by atoms with Crippen LogP contribution in [0.25, 0.3) is 100 Å². The van der Waals surface area contributed by atoms with Crippen molar-refractivity contribution in [3.05, 3.63) is 199 Å². The molecule has 0 N–H and O–H groups in total. The Bertz CT molecular complexity index is 3460. The van der Waals surface area contributed by atoms with Crippen LogP contribution in [0.4, 0.5) is 0 Å². The second kappa shape index (κ2) is 14.1. The number of para-hydroxylation sites is 3. The molecule has 3 aromatic heterocycles. The van der Waals surface area contributed by atoms with Gasteiger partial charge in [-0.3, -0.25) is 0 Å². The highest BCUT2D eigenvalue weighted by atomic mass is 15.0. The number of hydrogen-bond acceptors (Lipinski definition) is 5. The number of rotatable bonds is 6. The second-order valence-electron chi connectivity index (χ2n) is 14.7. The summed E-state index contributed by atoms with van der Waals surface area (Å²) in [6.07, 6.45) is 0. The number of hydrogen-bond donors (Lipinski definition) is 0. The maximum atomic E-state index is 10.7. The maximum absolute atomic E-state index is 10.7. The van der Waals surface area contributed by atoms with Crippen LogP contribution in [-0.2, 0) is 0 Å². The first-order valence-electron chi connectivity index (χ1n) is 19.6. The molecule has 0 atom stereocenters. The van der Waals surface area contributed by atoms with E-state index in [9.17, 15) is 10.5 Å². The number of nitrogens with zero attached hydrogens (tertiary/aromatic N) is 7. The smallest absolute Gasteiger partial charge is 0.166 e. The Hall–Kier alpha value is -8.65. The first-order valence-corrected chi connectivity index (χ1v) is 19.6. The van der Waals surface area contributed by atoms with Gasteiger partial charge >= 0.3 is 0 Å². The van der Waals surface area contributed by atoms with Crippen molar-refractivity contribution in [1.29, 1.82) is 10.5 Å². The molecule has 0 bridgehead atoms. The third-order valence-electron chi connectivity index (χ3n) is 11.2. The molecule has 0 aliphatic heterocycles. The van der Waals surface area contributed by atoms with Crippen molar-refractivity contribution in [3.63, 3.8) is 0 Å². The van der Waals surface area contributed by atoms with Crippen LogP contribution < -0.4 is 0 Å². The minimum Gasteiger partial charge on any atom is -0.309 e. The van der Waals surface area contributed by atoms with Crippen molar-refractivity contribution >= 4 is 43.6 Å². The van der Waals surface area contributed by atoms with Gasteiger partial charge in [-0.1, -0.05) is 127 Å². The molecule has 8 aromatic carbocycles. The summed E-state index contributed by atoms with van der Waals surface area (Å²) >= 11 is 0. The summed E-state index contributed by atoms with van der Waals surface area (Å²) in [5.41, 5.74) is 10.8. The predicted octanol–water partition coefficient (Wildman–Crippen LogP) is 12.5. The molecule has 11 aromatic rings. The summed E-state index contributed by atoms with van der Waals surface area (Å²) in [5.74, 6) is 1.17. The number of aromatic nitrogens is 5. The highest BCUT2D eigenvalue weighted by Crippen LogP contribution is 2.39. The second-order valence-corrected chi connectivity index (χ2v) is 14.7. The molecular weight excluding hydrogens is 735 g/mol. The van der Waals surface area contributed by atoms with E-state index < -0.39 is 0 Å². The van der Waals surface area contributed by atoms with Gasteiger partial charge in [-0.2, -0.15) is 10.5 Å². The summed E-state index contributed by atoms with van der Waals surface area (Å²) in [7, 11) is 0. The van der Waals surface area contributed by atoms with Gasteiger partial charge in [0.2, 0.25) is 0 Å². The average molecular weight is 766 g/mol. The molecule has 0 saturated heterocycles. The average Bonchev–Trinajstić information content (AvgIpc) is 3.84. The SMILES string of the molecule is N#Cc1cc(-n2c3ccccc3c3cc(-c4ccc5c(c4)c4ccccc4n5-c4ccccc4)ccc32)cc(C#N)c1-c1nc(-c2ccccc2)nc(-c2ccccc2)n1. The molecule has 0 spiro atoms. The first-order chi connectivity index (χ1) is 29.7. The minimum atomic E-state index is 0.262. The Morgan fingerprint density at radius 3 is 1.22 bits per heavy atom. The van der Waals surface area contributed by atoms with E-state index >= 15 is 0 Å². The molecule has 3 heterocycles. The zero-order valence-corrected chi connectivity index (χ0v) is 32.0. The van der Waals surface area contributed by atoms with E-state index in [1.165, 1.54) is 10.8 Å². The predicted molar refractivity (Wildman–Crippen MR) is 240 cm³/mol. The van der Waals surface area contributed by atoms with E-state index in [1.807, 2.05) is 91.0 Å². The van der Waals surface area contributed by atoms with Crippen LogP contribution in [0.1, 0.15) is 11.1 Å². The van der Waals surface area contributed by atoms with Crippen molar-refractivity contribution < 1.29 is 0 Å². The van der Waals surface area contributed by atoms with E-state index in [1.54, 1.807) is 0 Å². The maximum Gasteiger partial charge on any atom is 0.166 e. The van der Waals surface area contributed by atoms with Crippen molar-refractivity contribution in [2.45, 2.75) is 0 Å². The first kappa shape index (κ1) is 34.6. The summed E-state index contributed by atoms with van der Waals surface area (Å²) in [5, 5.41) is 26.0. The van der Waals surface area contributed by atoms with Gasteiger partial charge in [0.05, 0.1) is 38.8 Å². The number of fused-ring (bicyclic) bond motifs is 6. The molecule has 7 nitrogen and oxygen atoms in total. The van der Waals surface area contributed by atoms with Crippen molar-refractivity contribution in [2.75, 3.05) is 0 Å². The van der Waals surface area contributed by atoms with Crippen LogP contribution in [0.3, 0.4) is 0 Å². The fraction of sp³-hybridized carbons (Fsp3) is 0. The molecule has 11 rings (SSSR count). The Labute approximate surface area is 345 Å². The highest BCUT2D eigenvalue weighted by Gasteiger charge is 2.22. The van der Waals surface area contributed by atoms with E-state index in [0.717, 1.165) is 60.8 Å². The Kier molecular flexibility index (Phi) is 8.11. The van der Waals surface area contributed by atoms with Gasteiger partial charge in [0, 0.05) is 44.0 Å². The largest absolute Gasteiger partial charge is 0.309 e. The lowest BCUT2D eigenvalue weighted by atomic mass is 9.99. The summed E-state index contributed by atoms with van der Waals surface area (Å²) in [6.45, 7) is 0. The van der Waals surface area contributed by atoms with Crippen LogP contribution in [0.2, 0.25) is 0 Å². The van der Waals surface area contributed by atoms with Gasteiger partial charge < -0.3 is 9.13 Å². The topological polar surface area (TPSA) is 96.1 Å². The van der Waals surface area contributed by atoms with Crippen LogP contribution >= 0.6 is 0 Å². The van der Waals surface area contributed by atoms with Crippen LogP contribution in [0.5, 0.6) is 0 Å². The summed E-state index contributed by atoms with van der Waals surface area (Å²) in [6, 6.07) is 68.3. The molecule has 0 aliphatic rings. The lowest BCUT2D eigenvalue weighted by molar-refractivity contribution is 1.07. The normalized spacial score (nSPS) is 11.3. The van der Waals surface area contributed by atoms with Gasteiger partial charge in [0.15, 0.2) is 17.5 Å². The number of benzene rings is 8. The number of nitriles is 2. The van der Waals surface area contributed by atoms with E-state index in [2.05, 4.69) is 118 Å². The van der Waals surface area contributed by atoms with Crippen LogP contribution in [0.15, 0.2) is 188 Å². The van der Waals surface area contributed by atoms with E-state index in [-0.39, 0.29) is 5.82 Å². The molecule has 0 amide bonds. The highest BCUT2D eigenvalue weighted by molar-refractivity contribution is 6.12. The standard InChI is InChI=1S/C53H31N7/c54-32-38-28-41(29-39(33-55)50(38)53-57-51(34-14-4-1-5-15-34)56-52(58-53)35-16-6-2-7-17-35)60-47-23-13-11-21-43(47)45-31-37(25-27-49(45)60)36-24-26-48-44(30-36)42-20-10-12-22-46(42)59(48)40-18-8-3-9-19-40/h1-31H. The molecule has 7 heteroatoms. The molecule has 278 valence electrons. The molecule has 0 fully saturated rings. The molecule has 0 unspecified atom stereocenters. The van der Waals surface area contributed by atoms with Crippen LogP contribution in [-0.4, -0.2) is 24.1 Å². The van der Waals surface area contributed by atoms with Crippen molar-refractivity contribution in [1.82, 2.24) is 24.1 Å². The van der Waals surface area contributed by atoms with Gasteiger partial charge in [0.1, 0.15) is 12.1 Å². The third kappa shape index (κ3) is 5.61. The van der Waals surface area contributed by atoms with Gasteiger partial charge in [-0.25, -0.2) is 15.0 Å². The molecule has 60 heavy (non-hydrogen) atoms. The lowest BCUT2D eigenvalue weighted by Gasteiger charge is -2.14. The molecule has 0 radical (unpaired) electrons. The summed E-state index contributed by atoms with van der Waals surface area (Å²) in [4.78, 5) is 14.5. The third-order valence-corrected chi connectivity index (χ3v) is 11.2. The lowest BCUT2D eigenvalue weighted by Crippen LogP contribution is -2.04. The Morgan fingerprint density at radius 2 is 0.733 bits per heavy atom. The van der Waals surface area contributed by atoms with Gasteiger partial charge in [-0.15, -0.1) is 0 Å². The zero-order chi connectivity index (χ0) is 40.2. The molecule has 0 saturated carbocycles. The van der Waals surface area contributed by atoms with Gasteiger partial charge in [0.25, 0.3) is 0 Å². The Balaban J connectivity index is 1.07. The van der Waals surface area contributed by atoms with Crippen molar-refractivity contribution in [2.24, 2.45) is 0 Å². The van der Waals surface area contributed by atoms with E-state index in [0.29, 0.717) is 34.0 Å².